The fraction of sp³-hybridized carbons (Fsp3) is 0.0556. The Morgan fingerprint density at radius 2 is 1.03 bits per heavy atom. The molecule has 1 heterocycles. The van der Waals surface area contributed by atoms with Crippen molar-refractivity contribution in [3.63, 3.8) is 0 Å². The van der Waals surface area contributed by atoms with Crippen molar-refractivity contribution in [2.24, 2.45) is 0 Å². The van der Waals surface area contributed by atoms with Gasteiger partial charge in [0.1, 0.15) is 0 Å². The normalized spacial score (nSPS) is 16.4. The van der Waals surface area contributed by atoms with Crippen molar-refractivity contribution in [3.05, 3.63) is 155 Å². The zero-order valence-electron chi connectivity index (χ0n) is 20.5. The molecule has 1 atom stereocenters. The molecule has 1 unspecified atom stereocenters. The summed E-state index contributed by atoms with van der Waals surface area (Å²) in [4.78, 5) is 2.73. The molecule has 0 aliphatic heterocycles. The molecule has 0 saturated carbocycles. The molecule has 0 bridgehead atoms. The Balaban J connectivity index is 1.61. The Bertz CT molecular complexity index is 1820. The lowest BCUT2D eigenvalue weighted by Gasteiger charge is -2.31. The van der Waals surface area contributed by atoms with Gasteiger partial charge in [-0.05, 0) is 57.0 Å². The van der Waals surface area contributed by atoms with Crippen LogP contribution in [0.3, 0.4) is 0 Å². The Kier molecular flexibility index (Phi) is 4.33. The number of thiophene rings is 1. The summed E-state index contributed by atoms with van der Waals surface area (Å²) < 4.78 is 0. The predicted octanol–water partition coefficient (Wildman–Crippen LogP) is 9.73. The number of rotatable bonds is 2. The number of hydrogen-bond acceptors (Lipinski definition) is 1. The molecule has 2 aliphatic rings. The molecular weight excluding hydrogens is 464 g/mol. The summed E-state index contributed by atoms with van der Waals surface area (Å²) in [7, 11) is 0. The molecule has 5 aromatic carbocycles. The van der Waals surface area contributed by atoms with Gasteiger partial charge < -0.3 is 0 Å². The van der Waals surface area contributed by atoms with Gasteiger partial charge in [0.2, 0.25) is 0 Å². The van der Waals surface area contributed by atoms with Gasteiger partial charge in [-0.2, -0.15) is 0 Å². The van der Waals surface area contributed by atoms with Gasteiger partial charge in [0.25, 0.3) is 0 Å². The van der Waals surface area contributed by atoms with Gasteiger partial charge in [-0.1, -0.05) is 133 Å². The fourth-order valence-electron chi connectivity index (χ4n) is 6.75. The van der Waals surface area contributed by atoms with Crippen LogP contribution < -0.4 is 0 Å². The van der Waals surface area contributed by atoms with Crippen LogP contribution in [0.2, 0.25) is 0 Å². The molecule has 2 aliphatic carbocycles. The lowest BCUT2D eigenvalue weighted by molar-refractivity contribution is 0.797. The number of fused-ring (bicyclic) bond motifs is 10. The van der Waals surface area contributed by atoms with E-state index in [1.807, 2.05) is 11.3 Å². The van der Waals surface area contributed by atoms with Gasteiger partial charge in [-0.3, -0.25) is 0 Å². The van der Waals surface area contributed by atoms with Crippen LogP contribution in [0.5, 0.6) is 0 Å². The summed E-state index contributed by atoms with van der Waals surface area (Å²) in [6, 6.07) is 47.2. The van der Waals surface area contributed by atoms with E-state index in [0.29, 0.717) is 0 Å². The second-order valence-electron chi connectivity index (χ2n) is 10.1. The lowest BCUT2D eigenvalue weighted by Crippen LogP contribution is -2.26. The van der Waals surface area contributed by atoms with Crippen LogP contribution in [0.4, 0.5) is 0 Å². The van der Waals surface area contributed by atoms with Gasteiger partial charge in [0.05, 0.1) is 5.41 Å². The number of aryl methyl sites for hydroxylation is 1. The maximum Gasteiger partial charge on any atom is 0.0740 e. The van der Waals surface area contributed by atoms with Crippen LogP contribution in [-0.2, 0) is 5.41 Å². The Hall–Kier alpha value is -4.20. The standard InChI is InChI=1S/C36H24S/c1-23-20-21-27-26-16-8-10-18-29(26)36(31(27)22-23)30-19-11-9-17-28(30)32-33(36)35(25-14-6-3-7-15-25)37-34(32)24-12-4-2-5-13-24/h2-22H,1H3. The summed E-state index contributed by atoms with van der Waals surface area (Å²) in [5.74, 6) is 0. The molecule has 0 N–H and O–H groups in total. The molecule has 8 rings (SSSR count). The minimum atomic E-state index is -0.335. The van der Waals surface area contributed by atoms with E-state index in [9.17, 15) is 0 Å². The molecule has 0 fully saturated rings. The van der Waals surface area contributed by atoms with Crippen LogP contribution >= 0.6 is 11.3 Å². The molecule has 1 aromatic heterocycles. The third-order valence-corrected chi connectivity index (χ3v) is 9.44. The zero-order chi connectivity index (χ0) is 24.6. The number of benzene rings is 5. The van der Waals surface area contributed by atoms with E-state index in [2.05, 4.69) is 134 Å². The first kappa shape index (κ1) is 20.9. The molecule has 1 heteroatoms. The minimum Gasteiger partial charge on any atom is -0.134 e. The lowest BCUT2D eigenvalue weighted by atomic mass is 9.70. The molecule has 6 aromatic rings. The Labute approximate surface area is 221 Å². The minimum absolute atomic E-state index is 0.335. The summed E-state index contributed by atoms with van der Waals surface area (Å²) in [6.07, 6.45) is 0. The van der Waals surface area contributed by atoms with E-state index in [1.165, 1.54) is 71.0 Å². The third kappa shape index (κ3) is 2.67. The van der Waals surface area contributed by atoms with Gasteiger partial charge in [-0.15, -0.1) is 11.3 Å². The van der Waals surface area contributed by atoms with Gasteiger partial charge >= 0.3 is 0 Å². The molecular formula is C36H24S. The van der Waals surface area contributed by atoms with E-state index >= 15 is 0 Å². The van der Waals surface area contributed by atoms with Crippen LogP contribution in [0, 0.1) is 6.92 Å². The highest BCUT2D eigenvalue weighted by Gasteiger charge is 2.54. The van der Waals surface area contributed by atoms with E-state index < -0.39 is 0 Å². The Morgan fingerprint density at radius 1 is 0.486 bits per heavy atom. The van der Waals surface area contributed by atoms with Crippen LogP contribution in [-0.4, -0.2) is 0 Å². The largest absolute Gasteiger partial charge is 0.134 e. The molecule has 0 amide bonds. The monoisotopic (exact) mass is 488 g/mol. The zero-order valence-corrected chi connectivity index (χ0v) is 21.3. The summed E-state index contributed by atoms with van der Waals surface area (Å²) in [5.41, 5.74) is 14.7. The second-order valence-corrected chi connectivity index (χ2v) is 11.2. The first-order valence-corrected chi connectivity index (χ1v) is 13.7. The molecule has 0 radical (unpaired) electrons. The summed E-state index contributed by atoms with van der Waals surface area (Å²) >= 11 is 1.95. The van der Waals surface area contributed by atoms with Crippen molar-refractivity contribution < 1.29 is 0 Å². The van der Waals surface area contributed by atoms with Gasteiger partial charge in [0.15, 0.2) is 0 Å². The molecule has 174 valence electrons. The summed E-state index contributed by atoms with van der Waals surface area (Å²) in [5, 5.41) is 0. The third-order valence-electron chi connectivity index (χ3n) is 8.16. The molecule has 37 heavy (non-hydrogen) atoms. The van der Waals surface area contributed by atoms with Gasteiger partial charge in [0, 0.05) is 15.3 Å². The van der Waals surface area contributed by atoms with E-state index in [-0.39, 0.29) is 5.41 Å². The molecule has 0 saturated heterocycles. The SMILES string of the molecule is Cc1ccc2c(c1)C1(c3ccccc3-2)c2ccccc2-c2c(-c3ccccc3)sc(-c3ccccc3)c21. The first-order chi connectivity index (χ1) is 18.3. The average molecular weight is 489 g/mol. The van der Waals surface area contributed by atoms with E-state index in [0.717, 1.165) is 0 Å². The highest BCUT2D eigenvalue weighted by atomic mass is 32.1. The highest BCUT2D eigenvalue weighted by molar-refractivity contribution is 7.19. The van der Waals surface area contributed by atoms with E-state index in [1.54, 1.807) is 0 Å². The summed E-state index contributed by atoms with van der Waals surface area (Å²) in [6.45, 7) is 2.22. The second kappa shape index (κ2) is 7.65. The van der Waals surface area contributed by atoms with Crippen molar-refractivity contribution >= 4 is 11.3 Å². The van der Waals surface area contributed by atoms with Crippen LogP contribution in [0.1, 0.15) is 27.8 Å². The molecule has 0 nitrogen and oxygen atoms in total. The number of hydrogen-bond donors (Lipinski definition) is 0. The van der Waals surface area contributed by atoms with Crippen LogP contribution in [0.15, 0.2) is 127 Å². The fourth-order valence-corrected chi connectivity index (χ4v) is 8.13. The van der Waals surface area contributed by atoms with E-state index in [4.69, 9.17) is 0 Å². The van der Waals surface area contributed by atoms with Crippen molar-refractivity contribution in [1.82, 2.24) is 0 Å². The topological polar surface area (TPSA) is 0 Å². The Morgan fingerprint density at radius 3 is 1.73 bits per heavy atom. The van der Waals surface area contributed by atoms with Crippen molar-refractivity contribution in [2.75, 3.05) is 0 Å². The van der Waals surface area contributed by atoms with Crippen LogP contribution in [0.25, 0.3) is 43.1 Å². The average Bonchev–Trinajstić information content (AvgIpc) is 3.58. The predicted molar refractivity (Wildman–Crippen MR) is 156 cm³/mol. The highest BCUT2D eigenvalue weighted by Crippen LogP contribution is 2.67. The maximum absolute atomic E-state index is 2.44. The van der Waals surface area contributed by atoms with Crippen molar-refractivity contribution in [1.29, 1.82) is 0 Å². The quantitative estimate of drug-likeness (QED) is 0.227. The van der Waals surface area contributed by atoms with Crippen molar-refractivity contribution in [3.8, 4) is 43.1 Å². The smallest absolute Gasteiger partial charge is 0.0740 e. The van der Waals surface area contributed by atoms with Gasteiger partial charge in [-0.25, -0.2) is 0 Å². The maximum atomic E-state index is 2.44. The first-order valence-electron chi connectivity index (χ1n) is 12.9. The molecule has 1 spiro atoms. The van der Waals surface area contributed by atoms with Crippen molar-refractivity contribution in [2.45, 2.75) is 12.3 Å².